The summed E-state index contributed by atoms with van der Waals surface area (Å²) in [6.45, 7) is 9.29. The minimum atomic E-state index is -0.158. The standard InChI is InChI=1S/C11H24N2O2/c1-6-13(7-8-14)10(4)11(15)12(5)9(2)3/h9-10,14H,6-8H2,1-5H3. The Morgan fingerprint density at radius 1 is 1.33 bits per heavy atom. The first-order valence-corrected chi connectivity index (χ1v) is 5.57. The molecule has 0 aromatic heterocycles. The van der Waals surface area contributed by atoms with Gasteiger partial charge >= 0.3 is 0 Å². The normalized spacial score (nSPS) is 13.3. The van der Waals surface area contributed by atoms with Crippen LogP contribution in [-0.4, -0.2) is 59.6 Å². The van der Waals surface area contributed by atoms with E-state index in [1.807, 2.05) is 39.6 Å². The van der Waals surface area contributed by atoms with Gasteiger partial charge in [0.2, 0.25) is 5.91 Å². The summed E-state index contributed by atoms with van der Waals surface area (Å²) in [6.07, 6.45) is 0. The first kappa shape index (κ1) is 14.4. The van der Waals surface area contributed by atoms with Crippen molar-refractivity contribution >= 4 is 5.91 Å². The summed E-state index contributed by atoms with van der Waals surface area (Å²) in [7, 11) is 1.82. The third-order valence-electron chi connectivity index (χ3n) is 2.82. The molecule has 0 fully saturated rings. The number of amides is 1. The van der Waals surface area contributed by atoms with Crippen molar-refractivity contribution in [2.45, 2.75) is 39.8 Å². The first-order valence-electron chi connectivity index (χ1n) is 5.57. The SMILES string of the molecule is CCN(CCO)C(C)C(=O)N(C)C(C)C. The van der Waals surface area contributed by atoms with Crippen molar-refractivity contribution in [2.75, 3.05) is 26.7 Å². The molecule has 0 radical (unpaired) electrons. The van der Waals surface area contributed by atoms with Gasteiger partial charge in [-0.1, -0.05) is 6.92 Å². The van der Waals surface area contributed by atoms with Crippen LogP contribution in [0, 0.1) is 0 Å². The van der Waals surface area contributed by atoms with Crippen molar-refractivity contribution in [1.82, 2.24) is 9.80 Å². The van der Waals surface area contributed by atoms with Crippen LogP contribution < -0.4 is 0 Å². The Labute approximate surface area is 92.9 Å². The second-order valence-corrected chi connectivity index (χ2v) is 4.07. The Hall–Kier alpha value is -0.610. The zero-order valence-corrected chi connectivity index (χ0v) is 10.5. The number of aliphatic hydroxyl groups is 1. The molecule has 90 valence electrons. The molecule has 0 rings (SSSR count). The van der Waals surface area contributed by atoms with Gasteiger partial charge in [-0.3, -0.25) is 9.69 Å². The average Bonchev–Trinajstić information content (AvgIpc) is 2.22. The molecule has 0 saturated carbocycles. The van der Waals surface area contributed by atoms with Gasteiger partial charge in [0.05, 0.1) is 12.6 Å². The highest BCUT2D eigenvalue weighted by atomic mass is 16.3. The van der Waals surface area contributed by atoms with E-state index in [1.54, 1.807) is 4.90 Å². The third kappa shape index (κ3) is 4.18. The monoisotopic (exact) mass is 216 g/mol. The Bertz CT molecular complexity index is 195. The molecule has 0 aromatic rings. The van der Waals surface area contributed by atoms with Gasteiger partial charge in [0.1, 0.15) is 0 Å². The van der Waals surface area contributed by atoms with Crippen molar-refractivity contribution < 1.29 is 9.90 Å². The minimum Gasteiger partial charge on any atom is -0.395 e. The number of carbonyl (C=O) groups excluding carboxylic acids is 1. The second-order valence-electron chi connectivity index (χ2n) is 4.07. The molecular formula is C11H24N2O2. The van der Waals surface area contributed by atoms with E-state index in [1.165, 1.54) is 0 Å². The van der Waals surface area contributed by atoms with Gasteiger partial charge in [0, 0.05) is 19.6 Å². The maximum atomic E-state index is 12.0. The van der Waals surface area contributed by atoms with Crippen LogP contribution >= 0.6 is 0 Å². The molecule has 0 spiro atoms. The number of aliphatic hydroxyl groups excluding tert-OH is 1. The van der Waals surface area contributed by atoms with Crippen LogP contribution in [0.2, 0.25) is 0 Å². The number of hydrogen-bond acceptors (Lipinski definition) is 3. The number of carbonyl (C=O) groups is 1. The molecule has 0 heterocycles. The highest BCUT2D eigenvalue weighted by Crippen LogP contribution is 2.05. The van der Waals surface area contributed by atoms with Crippen LogP contribution in [0.5, 0.6) is 0 Å². The largest absolute Gasteiger partial charge is 0.395 e. The fraction of sp³-hybridized carbons (Fsp3) is 0.909. The van der Waals surface area contributed by atoms with E-state index in [9.17, 15) is 4.79 Å². The molecule has 0 aliphatic carbocycles. The number of hydrogen-bond donors (Lipinski definition) is 1. The molecule has 1 amide bonds. The van der Waals surface area contributed by atoms with Gasteiger partial charge in [0.15, 0.2) is 0 Å². The minimum absolute atomic E-state index is 0.0941. The summed E-state index contributed by atoms with van der Waals surface area (Å²) in [4.78, 5) is 15.7. The van der Waals surface area contributed by atoms with E-state index < -0.39 is 0 Å². The van der Waals surface area contributed by atoms with Gasteiger partial charge in [-0.05, 0) is 27.3 Å². The summed E-state index contributed by atoms with van der Waals surface area (Å²) >= 11 is 0. The Morgan fingerprint density at radius 2 is 1.87 bits per heavy atom. The van der Waals surface area contributed by atoms with Gasteiger partial charge < -0.3 is 10.0 Å². The predicted molar refractivity (Wildman–Crippen MR) is 61.7 cm³/mol. The number of likely N-dealkylation sites (N-methyl/N-ethyl adjacent to an activating group) is 2. The zero-order chi connectivity index (χ0) is 12.0. The van der Waals surface area contributed by atoms with Gasteiger partial charge in [-0.2, -0.15) is 0 Å². The third-order valence-corrected chi connectivity index (χ3v) is 2.82. The molecule has 1 atom stereocenters. The summed E-state index contributed by atoms with van der Waals surface area (Å²) < 4.78 is 0. The molecule has 0 saturated heterocycles. The van der Waals surface area contributed by atoms with E-state index >= 15 is 0 Å². The molecular weight excluding hydrogens is 192 g/mol. The van der Waals surface area contributed by atoms with E-state index in [4.69, 9.17) is 5.11 Å². The summed E-state index contributed by atoms with van der Waals surface area (Å²) in [5.41, 5.74) is 0. The summed E-state index contributed by atoms with van der Waals surface area (Å²) in [5.74, 6) is 0.111. The van der Waals surface area contributed by atoms with E-state index in [2.05, 4.69) is 0 Å². The van der Waals surface area contributed by atoms with Gasteiger partial charge in [-0.15, -0.1) is 0 Å². The highest BCUT2D eigenvalue weighted by molar-refractivity contribution is 5.81. The van der Waals surface area contributed by atoms with Crippen molar-refractivity contribution in [1.29, 1.82) is 0 Å². The highest BCUT2D eigenvalue weighted by Gasteiger charge is 2.23. The molecule has 1 N–H and O–H groups in total. The summed E-state index contributed by atoms with van der Waals surface area (Å²) in [5, 5.41) is 8.88. The van der Waals surface area contributed by atoms with Crippen molar-refractivity contribution in [3.05, 3.63) is 0 Å². The van der Waals surface area contributed by atoms with E-state index in [0.29, 0.717) is 6.54 Å². The lowest BCUT2D eigenvalue weighted by Crippen LogP contribution is -2.48. The lowest BCUT2D eigenvalue weighted by molar-refractivity contribution is -0.136. The Balaban J connectivity index is 4.39. The van der Waals surface area contributed by atoms with Crippen molar-refractivity contribution in [2.24, 2.45) is 0 Å². The fourth-order valence-electron chi connectivity index (χ4n) is 1.46. The zero-order valence-electron chi connectivity index (χ0n) is 10.5. The second kappa shape index (κ2) is 6.80. The lowest BCUT2D eigenvalue weighted by Gasteiger charge is -2.31. The van der Waals surface area contributed by atoms with Crippen LogP contribution in [0.4, 0.5) is 0 Å². The fourth-order valence-corrected chi connectivity index (χ4v) is 1.46. The number of nitrogens with zero attached hydrogens (tertiary/aromatic N) is 2. The smallest absolute Gasteiger partial charge is 0.239 e. The van der Waals surface area contributed by atoms with Crippen LogP contribution in [0.3, 0.4) is 0 Å². The van der Waals surface area contributed by atoms with Crippen molar-refractivity contribution in [3.8, 4) is 0 Å². The molecule has 0 aromatic carbocycles. The van der Waals surface area contributed by atoms with Crippen molar-refractivity contribution in [3.63, 3.8) is 0 Å². The first-order chi connectivity index (χ1) is 6.95. The topological polar surface area (TPSA) is 43.8 Å². The summed E-state index contributed by atoms with van der Waals surface area (Å²) in [6, 6.07) is 0.0577. The molecule has 4 nitrogen and oxygen atoms in total. The predicted octanol–water partition coefficient (Wildman–Crippen LogP) is 0.556. The quantitative estimate of drug-likeness (QED) is 0.705. The molecule has 0 aliphatic rings. The lowest BCUT2D eigenvalue weighted by atomic mass is 10.2. The Morgan fingerprint density at radius 3 is 2.20 bits per heavy atom. The Kier molecular flexibility index (Phi) is 6.52. The average molecular weight is 216 g/mol. The van der Waals surface area contributed by atoms with Crippen LogP contribution in [-0.2, 0) is 4.79 Å². The van der Waals surface area contributed by atoms with Gasteiger partial charge in [0.25, 0.3) is 0 Å². The van der Waals surface area contributed by atoms with Gasteiger partial charge in [-0.25, -0.2) is 0 Å². The number of rotatable bonds is 6. The molecule has 0 aliphatic heterocycles. The van der Waals surface area contributed by atoms with E-state index in [0.717, 1.165) is 6.54 Å². The maximum absolute atomic E-state index is 12.0. The molecule has 0 bridgehead atoms. The molecule has 4 heteroatoms. The maximum Gasteiger partial charge on any atom is 0.239 e. The van der Waals surface area contributed by atoms with Crippen LogP contribution in [0.1, 0.15) is 27.7 Å². The van der Waals surface area contributed by atoms with Crippen LogP contribution in [0.15, 0.2) is 0 Å². The molecule has 1 unspecified atom stereocenters. The molecule has 15 heavy (non-hydrogen) atoms. The van der Waals surface area contributed by atoms with E-state index in [-0.39, 0.29) is 24.6 Å². The van der Waals surface area contributed by atoms with Crippen LogP contribution in [0.25, 0.3) is 0 Å².